The first kappa shape index (κ1) is 37.4. The number of ether oxygens (including phenoxy) is 2. The molecular weight excluding hydrogens is 673 g/mol. The zero-order valence-electron chi connectivity index (χ0n) is 32.5. The summed E-state index contributed by atoms with van der Waals surface area (Å²) >= 11 is 0. The molecule has 8 heteroatoms. The molecule has 2 unspecified atom stereocenters. The second kappa shape index (κ2) is 18.9. The normalized spacial score (nSPS) is 20.5. The number of furan rings is 2. The highest BCUT2D eigenvalue weighted by molar-refractivity contribution is 5.38. The van der Waals surface area contributed by atoms with Crippen molar-refractivity contribution in [1.29, 1.82) is 0 Å². The molecule has 8 nitrogen and oxygen atoms in total. The van der Waals surface area contributed by atoms with Gasteiger partial charge in [0.1, 0.15) is 23.0 Å². The smallest absolute Gasteiger partial charge is 0.119 e. The van der Waals surface area contributed by atoms with Gasteiger partial charge in [0.25, 0.3) is 0 Å². The Morgan fingerprint density at radius 3 is 1.46 bits per heavy atom. The Hall–Kier alpha value is -3.56. The van der Waals surface area contributed by atoms with Crippen molar-refractivity contribution in [3.8, 4) is 11.5 Å². The second-order valence-electron chi connectivity index (χ2n) is 16.4. The molecule has 4 aliphatic rings. The molecule has 0 N–H and O–H groups in total. The van der Waals surface area contributed by atoms with Crippen LogP contribution in [-0.2, 0) is 38.8 Å². The first-order valence-corrected chi connectivity index (χ1v) is 21.2. The van der Waals surface area contributed by atoms with Crippen molar-refractivity contribution in [1.82, 2.24) is 19.8 Å². The van der Waals surface area contributed by atoms with Gasteiger partial charge in [-0.05, 0) is 186 Å². The largest absolute Gasteiger partial charge is 0.494 e. The van der Waals surface area contributed by atoms with Crippen LogP contribution in [0.1, 0.15) is 85.1 Å². The van der Waals surface area contributed by atoms with Gasteiger partial charge < -0.3 is 28.1 Å². The summed E-state index contributed by atoms with van der Waals surface area (Å²) in [6.07, 6.45) is 18.1. The molecule has 2 aliphatic heterocycles. The molecule has 2 saturated heterocycles. The van der Waals surface area contributed by atoms with Crippen molar-refractivity contribution in [2.75, 3.05) is 65.6 Å². The summed E-state index contributed by atoms with van der Waals surface area (Å²) in [5.41, 5.74) is 6.00. The van der Waals surface area contributed by atoms with Crippen LogP contribution in [0.5, 0.6) is 11.5 Å². The highest BCUT2D eigenvalue weighted by Gasteiger charge is 2.25. The van der Waals surface area contributed by atoms with Gasteiger partial charge in [0.15, 0.2) is 0 Å². The standard InChI is InChI=1S/C46H62N4O4/c1-2-20-47(19-1)33-37-11-13-41-31-43(17-15-39(41)29-37)51-27-7-23-49(35-45-9-5-25-53-45)50(36-46-10-6-26-54-46)24-8-28-52-44-18-16-40-30-38(12-14-42(40)32-44)34-48-21-3-4-22-48/h5-6,9-10,15-18,25-26,31-32,37-38H,1-4,7-8,11-14,19-24,27-30,33-36H2. The van der Waals surface area contributed by atoms with Crippen LogP contribution in [-0.4, -0.2) is 85.4 Å². The van der Waals surface area contributed by atoms with Crippen LogP contribution in [0.15, 0.2) is 82.0 Å². The van der Waals surface area contributed by atoms with E-state index >= 15 is 0 Å². The summed E-state index contributed by atoms with van der Waals surface area (Å²) in [4.78, 5) is 5.34. The van der Waals surface area contributed by atoms with Crippen LogP contribution in [0.4, 0.5) is 0 Å². The van der Waals surface area contributed by atoms with Gasteiger partial charge in [-0.25, -0.2) is 10.0 Å². The van der Waals surface area contributed by atoms with E-state index in [1.807, 2.05) is 12.1 Å². The molecule has 0 bridgehead atoms. The Bertz CT molecular complexity index is 1570. The third-order valence-electron chi connectivity index (χ3n) is 12.3. The summed E-state index contributed by atoms with van der Waals surface area (Å²) in [5, 5.41) is 4.80. The van der Waals surface area contributed by atoms with E-state index in [0.717, 1.165) is 60.8 Å². The van der Waals surface area contributed by atoms with E-state index < -0.39 is 0 Å². The van der Waals surface area contributed by atoms with Gasteiger partial charge in [0.2, 0.25) is 0 Å². The SMILES string of the molecule is c1coc(CN(CCCOc2ccc3c(c2)CCC(CN2CCCC2)C3)N(CCCOc2ccc3c(c2)CCC(CN2CCCC2)C3)Cc2ccco2)c1. The topological polar surface area (TPSA) is 57.7 Å². The monoisotopic (exact) mass is 734 g/mol. The molecular formula is C46H62N4O4. The molecule has 0 saturated carbocycles. The molecule has 4 heterocycles. The number of nitrogens with zero attached hydrogens (tertiary/aromatic N) is 4. The van der Waals surface area contributed by atoms with Crippen LogP contribution >= 0.6 is 0 Å². The predicted octanol–water partition coefficient (Wildman–Crippen LogP) is 8.43. The number of hydrogen-bond donors (Lipinski definition) is 0. The Morgan fingerprint density at radius 2 is 1.04 bits per heavy atom. The number of rotatable bonds is 19. The number of fused-ring (bicyclic) bond motifs is 2. The first-order valence-electron chi connectivity index (χ1n) is 21.2. The third-order valence-corrected chi connectivity index (χ3v) is 12.3. The van der Waals surface area contributed by atoms with Gasteiger partial charge in [-0.1, -0.05) is 12.1 Å². The van der Waals surface area contributed by atoms with E-state index in [1.54, 1.807) is 12.5 Å². The minimum atomic E-state index is 0.667. The number of aryl methyl sites for hydroxylation is 2. The highest BCUT2D eigenvalue weighted by atomic mass is 16.5. The van der Waals surface area contributed by atoms with Gasteiger partial charge in [0, 0.05) is 26.2 Å². The van der Waals surface area contributed by atoms with E-state index in [4.69, 9.17) is 18.3 Å². The van der Waals surface area contributed by atoms with Gasteiger partial charge >= 0.3 is 0 Å². The maximum Gasteiger partial charge on any atom is 0.119 e. The predicted molar refractivity (Wildman–Crippen MR) is 214 cm³/mol. The molecule has 2 aromatic carbocycles. The lowest BCUT2D eigenvalue weighted by molar-refractivity contribution is -0.0547. The van der Waals surface area contributed by atoms with Crippen LogP contribution in [0.2, 0.25) is 0 Å². The lowest BCUT2D eigenvalue weighted by atomic mass is 9.83. The lowest BCUT2D eigenvalue weighted by Gasteiger charge is -2.34. The molecule has 2 fully saturated rings. The number of hydrazine groups is 1. The molecule has 0 radical (unpaired) electrons. The van der Waals surface area contributed by atoms with Crippen molar-refractivity contribution in [3.05, 3.63) is 107 Å². The first-order chi connectivity index (χ1) is 26.7. The van der Waals surface area contributed by atoms with Crippen molar-refractivity contribution >= 4 is 0 Å². The average Bonchev–Trinajstić information content (AvgIpc) is 4.05. The molecule has 0 amide bonds. The summed E-state index contributed by atoms with van der Waals surface area (Å²) in [7, 11) is 0. The van der Waals surface area contributed by atoms with Crippen LogP contribution in [0.3, 0.4) is 0 Å². The van der Waals surface area contributed by atoms with Gasteiger partial charge in [0.05, 0.1) is 38.8 Å². The molecule has 8 rings (SSSR count). The fourth-order valence-electron chi connectivity index (χ4n) is 9.45. The van der Waals surface area contributed by atoms with Crippen molar-refractivity contribution in [2.45, 2.75) is 90.1 Å². The minimum absolute atomic E-state index is 0.667. The van der Waals surface area contributed by atoms with Crippen molar-refractivity contribution < 1.29 is 18.3 Å². The van der Waals surface area contributed by atoms with Crippen molar-refractivity contribution in [3.63, 3.8) is 0 Å². The number of benzene rings is 2. The summed E-state index contributed by atoms with van der Waals surface area (Å²) < 4.78 is 24.4. The molecule has 2 aliphatic carbocycles. The quantitative estimate of drug-likeness (QED) is 0.0704. The maximum atomic E-state index is 6.38. The van der Waals surface area contributed by atoms with Gasteiger partial charge in [-0.15, -0.1) is 0 Å². The third kappa shape index (κ3) is 10.4. The van der Waals surface area contributed by atoms with Gasteiger partial charge in [-0.2, -0.15) is 0 Å². The maximum absolute atomic E-state index is 6.38. The fraction of sp³-hybridized carbons (Fsp3) is 0.565. The van der Waals surface area contributed by atoms with E-state index in [2.05, 4.69) is 68.3 Å². The van der Waals surface area contributed by atoms with Crippen molar-refractivity contribution in [2.24, 2.45) is 11.8 Å². The second-order valence-corrected chi connectivity index (χ2v) is 16.4. The van der Waals surface area contributed by atoms with E-state index in [9.17, 15) is 0 Å². The molecule has 2 atom stereocenters. The van der Waals surface area contributed by atoms with Crippen LogP contribution in [0, 0.1) is 11.8 Å². The molecule has 4 aromatic rings. The van der Waals surface area contributed by atoms with Gasteiger partial charge in [-0.3, -0.25) is 0 Å². The number of likely N-dealkylation sites (tertiary alicyclic amines) is 2. The van der Waals surface area contributed by atoms with E-state index in [0.29, 0.717) is 26.3 Å². The zero-order valence-corrected chi connectivity index (χ0v) is 32.5. The molecule has 2 aromatic heterocycles. The molecule has 290 valence electrons. The minimum Gasteiger partial charge on any atom is -0.494 e. The fourth-order valence-corrected chi connectivity index (χ4v) is 9.45. The van der Waals surface area contributed by atoms with Crippen LogP contribution in [0.25, 0.3) is 0 Å². The molecule has 54 heavy (non-hydrogen) atoms. The summed E-state index contributed by atoms with van der Waals surface area (Å²) in [5.74, 6) is 5.48. The Labute approximate surface area is 323 Å². The summed E-state index contributed by atoms with van der Waals surface area (Å²) in [6.45, 7) is 12.1. The summed E-state index contributed by atoms with van der Waals surface area (Å²) in [6, 6.07) is 21.7. The highest BCUT2D eigenvalue weighted by Crippen LogP contribution is 2.31. The van der Waals surface area contributed by atoms with Crippen LogP contribution < -0.4 is 9.47 Å². The Balaban J connectivity index is 0.835. The zero-order chi connectivity index (χ0) is 36.4. The average molecular weight is 735 g/mol. The van der Waals surface area contributed by atoms with E-state index in [1.165, 1.54) is 126 Å². The van der Waals surface area contributed by atoms with E-state index in [-0.39, 0.29) is 0 Å². The number of hydrogen-bond acceptors (Lipinski definition) is 8. The Morgan fingerprint density at radius 1 is 0.574 bits per heavy atom. The Kier molecular flexibility index (Phi) is 13.0. The lowest BCUT2D eigenvalue weighted by Crippen LogP contribution is -2.43. The molecule has 0 spiro atoms.